The Balaban J connectivity index is 0.00000289. The molecule has 0 bridgehead atoms. The van der Waals surface area contributed by atoms with Crippen LogP contribution in [0.25, 0.3) is 6.08 Å². The molecule has 2 fully saturated rings. The van der Waals surface area contributed by atoms with E-state index in [2.05, 4.69) is 10.00 Å². The number of rotatable bonds is 8. The van der Waals surface area contributed by atoms with Gasteiger partial charge in [-0.15, -0.1) is 12.4 Å². The second-order valence-electron chi connectivity index (χ2n) is 8.43. The summed E-state index contributed by atoms with van der Waals surface area (Å²) in [6.07, 6.45) is 6.82. The first-order chi connectivity index (χ1) is 15.0. The van der Waals surface area contributed by atoms with Gasteiger partial charge in [-0.2, -0.15) is 17.7 Å². The number of halogens is 2. The monoisotopic (exact) mass is 477 g/mol. The second-order valence-corrected chi connectivity index (χ2v) is 9.05. The lowest BCUT2D eigenvalue weighted by Crippen LogP contribution is -2.42. The van der Waals surface area contributed by atoms with Gasteiger partial charge in [0.05, 0.1) is 18.3 Å². The first-order valence-corrected chi connectivity index (χ1v) is 11.4. The zero-order valence-electron chi connectivity index (χ0n) is 18.1. The maximum atomic E-state index is 14.6. The molecule has 1 aromatic heterocycles. The highest BCUT2D eigenvalue weighted by Crippen LogP contribution is 2.39. The highest BCUT2D eigenvalue weighted by atomic mass is 35.5. The van der Waals surface area contributed by atoms with Crippen LogP contribution in [-0.2, 0) is 16.1 Å². The average molecular weight is 478 g/mol. The van der Waals surface area contributed by atoms with E-state index in [0.29, 0.717) is 25.1 Å². The number of Topliss-reactive ketones (excluding diaryl/α,β-unsaturated/α-hetero) is 2. The molecule has 32 heavy (non-hydrogen) atoms. The highest BCUT2D eigenvalue weighted by Gasteiger charge is 2.40. The summed E-state index contributed by atoms with van der Waals surface area (Å²) in [5.74, 6) is -0.0501. The van der Waals surface area contributed by atoms with Gasteiger partial charge in [0.1, 0.15) is 5.82 Å². The summed E-state index contributed by atoms with van der Waals surface area (Å²) in [5.41, 5.74) is 2.26. The summed E-state index contributed by atoms with van der Waals surface area (Å²) in [5, 5.41) is 4.53. The fraction of sp³-hybridized carbons (Fsp3) is 0.458. The molecular formula is C24H29ClFN3O2S. The van der Waals surface area contributed by atoms with Crippen molar-refractivity contribution >= 4 is 42.7 Å². The van der Waals surface area contributed by atoms with Crippen molar-refractivity contribution in [2.45, 2.75) is 50.4 Å². The van der Waals surface area contributed by atoms with E-state index < -0.39 is 6.04 Å². The number of thiol groups is 1. The van der Waals surface area contributed by atoms with Crippen molar-refractivity contribution in [1.29, 1.82) is 0 Å². The van der Waals surface area contributed by atoms with Gasteiger partial charge in [0.2, 0.25) is 0 Å². The minimum absolute atomic E-state index is 0. The molecule has 0 radical (unpaired) electrons. The van der Waals surface area contributed by atoms with Gasteiger partial charge in [-0.05, 0) is 43.0 Å². The maximum absolute atomic E-state index is 14.6. The van der Waals surface area contributed by atoms with Crippen molar-refractivity contribution in [3.05, 3.63) is 59.2 Å². The van der Waals surface area contributed by atoms with Gasteiger partial charge >= 0.3 is 0 Å². The average Bonchev–Trinajstić information content (AvgIpc) is 3.53. The van der Waals surface area contributed by atoms with Crippen LogP contribution in [-0.4, -0.2) is 44.6 Å². The third kappa shape index (κ3) is 5.69. The number of hydrogen-bond acceptors (Lipinski definition) is 5. The highest BCUT2D eigenvalue weighted by molar-refractivity contribution is 7.81. The van der Waals surface area contributed by atoms with Gasteiger partial charge < -0.3 is 0 Å². The van der Waals surface area contributed by atoms with E-state index in [0.717, 1.165) is 30.5 Å². The lowest BCUT2D eigenvalue weighted by atomic mass is 9.93. The van der Waals surface area contributed by atoms with Crippen molar-refractivity contribution in [2.24, 2.45) is 5.92 Å². The summed E-state index contributed by atoms with van der Waals surface area (Å²) in [7, 11) is 0. The summed E-state index contributed by atoms with van der Waals surface area (Å²) in [6, 6.07) is 7.90. The molecule has 1 saturated carbocycles. The number of hydrogen-bond donors (Lipinski definition) is 1. The van der Waals surface area contributed by atoms with Crippen molar-refractivity contribution in [2.75, 3.05) is 13.1 Å². The predicted octanol–water partition coefficient (Wildman–Crippen LogP) is 4.53. The van der Waals surface area contributed by atoms with E-state index in [4.69, 9.17) is 12.6 Å². The molecule has 2 atom stereocenters. The van der Waals surface area contributed by atoms with Crippen molar-refractivity contribution in [1.82, 2.24) is 14.7 Å². The van der Waals surface area contributed by atoms with Gasteiger partial charge in [0.15, 0.2) is 11.6 Å². The molecule has 4 rings (SSSR count). The molecule has 5 nitrogen and oxygen atoms in total. The van der Waals surface area contributed by atoms with Crippen LogP contribution in [0.5, 0.6) is 0 Å². The second kappa shape index (κ2) is 10.8. The van der Waals surface area contributed by atoms with E-state index in [9.17, 15) is 14.0 Å². The Morgan fingerprint density at radius 2 is 2.00 bits per heavy atom. The fourth-order valence-corrected chi connectivity index (χ4v) is 4.37. The molecule has 1 aliphatic heterocycles. The molecular weight excluding hydrogens is 449 g/mol. The molecule has 1 aliphatic carbocycles. The Labute approximate surface area is 199 Å². The van der Waals surface area contributed by atoms with Crippen LogP contribution in [0.1, 0.15) is 49.9 Å². The van der Waals surface area contributed by atoms with Gasteiger partial charge in [0, 0.05) is 42.4 Å². The Kier molecular flexibility index (Phi) is 8.31. The van der Waals surface area contributed by atoms with Crippen LogP contribution >= 0.6 is 25.0 Å². The van der Waals surface area contributed by atoms with Crippen LogP contribution in [0, 0.1) is 11.7 Å². The predicted molar refractivity (Wildman–Crippen MR) is 129 cm³/mol. The Morgan fingerprint density at radius 3 is 2.69 bits per heavy atom. The molecule has 2 aliphatic rings. The van der Waals surface area contributed by atoms with Crippen molar-refractivity contribution in [3.8, 4) is 0 Å². The van der Waals surface area contributed by atoms with Gasteiger partial charge in [0.25, 0.3) is 0 Å². The quantitative estimate of drug-likeness (QED) is 0.567. The fourth-order valence-electron chi connectivity index (χ4n) is 4.10. The molecule has 2 unspecified atom stereocenters. The number of carbonyl (C=O) groups is 2. The van der Waals surface area contributed by atoms with Gasteiger partial charge in [-0.3, -0.25) is 19.2 Å². The number of nitrogens with zero attached hydrogens (tertiary/aromatic N) is 3. The van der Waals surface area contributed by atoms with Crippen LogP contribution < -0.4 is 0 Å². The Bertz CT molecular complexity index is 1000. The number of piperidine rings is 1. The maximum Gasteiger partial charge on any atom is 0.157 e. The number of benzene rings is 1. The summed E-state index contributed by atoms with van der Waals surface area (Å²) >= 11 is 4.74. The van der Waals surface area contributed by atoms with Crippen LogP contribution in [0.3, 0.4) is 0 Å². The van der Waals surface area contributed by atoms with E-state index in [1.54, 1.807) is 29.1 Å². The van der Waals surface area contributed by atoms with E-state index >= 15 is 0 Å². The number of likely N-dealkylation sites (tertiary alicyclic amines) is 1. The molecule has 0 spiro atoms. The minimum Gasteiger partial charge on any atom is -0.298 e. The first-order valence-electron chi connectivity index (χ1n) is 10.9. The van der Waals surface area contributed by atoms with E-state index in [1.807, 2.05) is 19.1 Å². The van der Waals surface area contributed by atoms with Crippen LogP contribution in [0.15, 0.2) is 42.1 Å². The van der Waals surface area contributed by atoms with Crippen LogP contribution in [0.2, 0.25) is 0 Å². The third-order valence-corrected chi connectivity index (χ3v) is 6.63. The SMILES string of the molecule is CCC(=O)Cn1ccc(/C=C2\CN(C(C(=O)C3CC3)c3ccccc3F)CCC2S)n1.Cl. The summed E-state index contributed by atoms with van der Waals surface area (Å²) in [4.78, 5) is 26.9. The molecule has 2 aromatic rings. The summed E-state index contributed by atoms with van der Waals surface area (Å²) < 4.78 is 16.3. The number of ketones is 2. The summed E-state index contributed by atoms with van der Waals surface area (Å²) in [6.45, 7) is 3.32. The standard InChI is InChI=1S/C24H28FN3O2S.ClH/c1-2-19(29)15-28-12-9-18(26-28)13-17-14-27(11-10-22(17)31)23(24(30)16-7-8-16)20-5-3-4-6-21(20)25;/h3-6,9,12-13,16,22-23,31H,2,7-8,10-11,14-15H2,1H3;1H/b17-13+;. The smallest absolute Gasteiger partial charge is 0.157 e. The van der Waals surface area contributed by atoms with Gasteiger partial charge in [-0.1, -0.05) is 25.1 Å². The van der Waals surface area contributed by atoms with Crippen LogP contribution in [0.4, 0.5) is 4.39 Å². The van der Waals surface area contributed by atoms with Gasteiger partial charge in [-0.25, -0.2) is 4.39 Å². The molecule has 0 N–H and O–H groups in total. The normalized spacial score (nSPS) is 21.2. The zero-order valence-corrected chi connectivity index (χ0v) is 19.8. The first kappa shape index (κ1) is 24.7. The van der Waals surface area contributed by atoms with E-state index in [-0.39, 0.29) is 47.5 Å². The zero-order chi connectivity index (χ0) is 22.0. The molecule has 8 heteroatoms. The topological polar surface area (TPSA) is 55.2 Å². The molecule has 172 valence electrons. The number of aromatic nitrogens is 2. The largest absolute Gasteiger partial charge is 0.298 e. The third-order valence-electron chi connectivity index (χ3n) is 6.04. The van der Waals surface area contributed by atoms with E-state index in [1.165, 1.54) is 6.07 Å². The lowest BCUT2D eigenvalue weighted by Gasteiger charge is -2.37. The van der Waals surface area contributed by atoms with Crippen molar-refractivity contribution in [3.63, 3.8) is 0 Å². The molecule has 1 aromatic carbocycles. The number of carbonyl (C=O) groups excluding carboxylic acids is 2. The Morgan fingerprint density at radius 1 is 1.25 bits per heavy atom. The van der Waals surface area contributed by atoms with Crippen molar-refractivity contribution < 1.29 is 14.0 Å². The minimum atomic E-state index is -0.572. The lowest BCUT2D eigenvalue weighted by molar-refractivity contribution is -0.126. The molecule has 2 heterocycles. The molecule has 1 saturated heterocycles. The Hall–Kier alpha value is -1.96. The molecule has 0 amide bonds.